The average molecular weight is 204 g/mol. The van der Waals surface area contributed by atoms with Crippen molar-refractivity contribution in [2.45, 2.75) is 9.79 Å². The molecule has 0 saturated heterocycles. The lowest BCUT2D eigenvalue weighted by atomic mass is 10.3. The van der Waals surface area contributed by atoms with E-state index in [2.05, 4.69) is 12.6 Å². The zero-order valence-corrected chi connectivity index (χ0v) is 7.77. The number of nitrogens with two attached hydrogens (primary N) is 2. The van der Waals surface area contributed by atoms with Crippen molar-refractivity contribution in [1.82, 2.24) is 0 Å². The molecule has 0 aliphatic rings. The van der Waals surface area contributed by atoms with Crippen molar-refractivity contribution in [1.29, 1.82) is 0 Å². The molecular weight excluding hydrogens is 196 g/mol. The van der Waals surface area contributed by atoms with E-state index in [0.29, 0.717) is 10.6 Å². The fourth-order valence-corrected chi connectivity index (χ4v) is 1.40. The number of hydrogen-bond acceptors (Lipinski definition) is 4. The molecule has 66 valence electrons. The summed E-state index contributed by atoms with van der Waals surface area (Å²) in [5.74, 6) is 0. The number of nitrogen functional groups attached to an aromatic ring is 1. The van der Waals surface area contributed by atoms with Gasteiger partial charge in [0.25, 0.3) is 0 Å². The second-order valence-corrected chi connectivity index (χ2v) is 4.31. The molecule has 4 N–H and O–H groups in total. The van der Waals surface area contributed by atoms with Crippen LogP contribution in [0.5, 0.6) is 0 Å². The van der Waals surface area contributed by atoms with Gasteiger partial charge >= 0.3 is 0 Å². The van der Waals surface area contributed by atoms with Crippen LogP contribution in [0.25, 0.3) is 0 Å². The minimum atomic E-state index is -3.66. The van der Waals surface area contributed by atoms with Crippen molar-refractivity contribution >= 4 is 28.3 Å². The number of sulfonamides is 1. The van der Waals surface area contributed by atoms with E-state index in [4.69, 9.17) is 10.9 Å². The predicted octanol–water partition coefficient (Wildman–Crippen LogP) is 0.205. The normalized spacial score (nSPS) is 11.5. The molecule has 0 aliphatic carbocycles. The maximum absolute atomic E-state index is 10.8. The molecule has 0 saturated carbocycles. The largest absolute Gasteiger partial charge is 0.398 e. The summed E-state index contributed by atoms with van der Waals surface area (Å²) in [6.07, 6.45) is 0. The first-order valence-corrected chi connectivity index (χ1v) is 5.02. The molecule has 1 rings (SSSR count). The molecule has 12 heavy (non-hydrogen) atoms. The van der Waals surface area contributed by atoms with Gasteiger partial charge in [-0.25, -0.2) is 13.6 Å². The van der Waals surface area contributed by atoms with Crippen LogP contribution in [-0.4, -0.2) is 8.42 Å². The van der Waals surface area contributed by atoms with Crippen LogP contribution in [0.2, 0.25) is 0 Å². The van der Waals surface area contributed by atoms with Gasteiger partial charge in [-0.15, -0.1) is 12.6 Å². The van der Waals surface area contributed by atoms with E-state index < -0.39 is 10.0 Å². The highest BCUT2D eigenvalue weighted by molar-refractivity contribution is 7.89. The molecule has 1 aromatic rings. The van der Waals surface area contributed by atoms with Crippen LogP contribution < -0.4 is 10.9 Å². The van der Waals surface area contributed by atoms with Gasteiger partial charge in [0.1, 0.15) is 0 Å². The summed E-state index contributed by atoms with van der Waals surface area (Å²) >= 11 is 3.98. The summed E-state index contributed by atoms with van der Waals surface area (Å²) < 4.78 is 21.6. The molecule has 6 heteroatoms. The molecule has 4 nitrogen and oxygen atoms in total. The molecule has 0 spiro atoms. The Balaban J connectivity index is 3.33. The summed E-state index contributed by atoms with van der Waals surface area (Å²) in [7, 11) is -3.66. The quantitative estimate of drug-likeness (QED) is 0.451. The fraction of sp³-hybridized carbons (Fsp3) is 0. The van der Waals surface area contributed by atoms with Gasteiger partial charge in [0.05, 0.1) is 4.90 Å². The van der Waals surface area contributed by atoms with Crippen molar-refractivity contribution in [3.8, 4) is 0 Å². The molecule has 0 amide bonds. The third-order valence-corrected chi connectivity index (χ3v) is 2.65. The number of anilines is 1. The lowest BCUT2D eigenvalue weighted by Crippen LogP contribution is -2.12. The van der Waals surface area contributed by atoms with E-state index in [-0.39, 0.29) is 4.90 Å². The number of primary sulfonamides is 1. The van der Waals surface area contributed by atoms with Crippen LogP contribution in [0.15, 0.2) is 28.0 Å². The van der Waals surface area contributed by atoms with E-state index in [1.807, 2.05) is 0 Å². The van der Waals surface area contributed by atoms with Gasteiger partial charge in [0.2, 0.25) is 10.0 Å². The zero-order valence-electron chi connectivity index (χ0n) is 6.06. The van der Waals surface area contributed by atoms with Crippen LogP contribution in [0.1, 0.15) is 0 Å². The highest BCUT2D eigenvalue weighted by atomic mass is 32.2. The Morgan fingerprint density at radius 2 is 1.92 bits per heavy atom. The van der Waals surface area contributed by atoms with Crippen molar-refractivity contribution in [3.63, 3.8) is 0 Å². The molecule has 0 heterocycles. The first-order valence-electron chi connectivity index (χ1n) is 3.02. The third kappa shape index (κ3) is 1.90. The summed E-state index contributed by atoms with van der Waals surface area (Å²) in [5.41, 5.74) is 5.72. The van der Waals surface area contributed by atoms with E-state index in [1.165, 1.54) is 18.2 Å². The van der Waals surface area contributed by atoms with Gasteiger partial charge in [0, 0.05) is 10.6 Å². The van der Waals surface area contributed by atoms with Gasteiger partial charge in [-0.1, -0.05) is 0 Å². The topological polar surface area (TPSA) is 86.2 Å². The van der Waals surface area contributed by atoms with E-state index >= 15 is 0 Å². The molecule has 0 aromatic heterocycles. The van der Waals surface area contributed by atoms with Gasteiger partial charge in [-0.2, -0.15) is 0 Å². The minimum absolute atomic E-state index is 0.00204. The van der Waals surface area contributed by atoms with Gasteiger partial charge in [-0.05, 0) is 18.2 Å². The van der Waals surface area contributed by atoms with Gasteiger partial charge < -0.3 is 5.73 Å². The number of rotatable bonds is 1. The van der Waals surface area contributed by atoms with Crippen LogP contribution in [0.3, 0.4) is 0 Å². The number of thiol groups is 1. The number of benzene rings is 1. The third-order valence-electron chi connectivity index (χ3n) is 1.33. The molecule has 0 atom stereocenters. The Bertz CT molecular complexity index is 400. The standard InChI is InChI=1S/C6H8N2O2S2/c7-5-3-4(12(8,9)10)1-2-6(5)11/h1-3,11H,7H2,(H2,8,9,10). The Hall–Kier alpha value is -0.720. The Kier molecular flexibility index (Phi) is 2.31. The van der Waals surface area contributed by atoms with E-state index in [0.717, 1.165) is 0 Å². The van der Waals surface area contributed by atoms with Crippen LogP contribution in [0, 0.1) is 0 Å². The fourth-order valence-electron chi connectivity index (χ4n) is 0.710. The molecule has 0 fully saturated rings. The summed E-state index contributed by atoms with van der Waals surface area (Å²) in [6.45, 7) is 0. The average Bonchev–Trinajstić information content (AvgIpc) is 1.92. The maximum Gasteiger partial charge on any atom is 0.238 e. The minimum Gasteiger partial charge on any atom is -0.398 e. The predicted molar refractivity (Wildman–Crippen MR) is 49.5 cm³/mol. The lowest BCUT2D eigenvalue weighted by molar-refractivity contribution is 0.598. The van der Waals surface area contributed by atoms with Crippen molar-refractivity contribution in [2.24, 2.45) is 5.14 Å². The number of hydrogen-bond donors (Lipinski definition) is 3. The van der Waals surface area contributed by atoms with Crippen molar-refractivity contribution < 1.29 is 8.42 Å². The van der Waals surface area contributed by atoms with E-state index in [9.17, 15) is 8.42 Å². The lowest BCUT2D eigenvalue weighted by Gasteiger charge is -2.01. The first-order chi connectivity index (χ1) is 5.41. The first kappa shape index (κ1) is 9.37. The molecular formula is C6H8N2O2S2. The smallest absolute Gasteiger partial charge is 0.238 e. The molecule has 0 unspecified atom stereocenters. The Labute approximate surface area is 76.0 Å². The highest BCUT2D eigenvalue weighted by Gasteiger charge is 2.07. The monoisotopic (exact) mass is 204 g/mol. The van der Waals surface area contributed by atoms with Gasteiger partial charge in [0.15, 0.2) is 0 Å². The molecule has 0 bridgehead atoms. The highest BCUT2D eigenvalue weighted by Crippen LogP contribution is 2.19. The summed E-state index contributed by atoms with van der Waals surface area (Å²) in [4.78, 5) is 0.528. The maximum atomic E-state index is 10.8. The van der Waals surface area contributed by atoms with Crippen LogP contribution >= 0.6 is 12.6 Å². The Morgan fingerprint density at radius 1 is 1.33 bits per heavy atom. The molecule has 1 aromatic carbocycles. The van der Waals surface area contributed by atoms with Crippen LogP contribution in [0.4, 0.5) is 5.69 Å². The van der Waals surface area contributed by atoms with E-state index in [1.54, 1.807) is 0 Å². The molecule has 0 aliphatic heterocycles. The SMILES string of the molecule is Nc1cc(S(N)(=O)=O)ccc1S. The second-order valence-electron chi connectivity index (χ2n) is 2.27. The Morgan fingerprint density at radius 3 is 2.33 bits per heavy atom. The molecule has 0 radical (unpaired) electrons. The van der Waals surface area contributed by atoms with Crippen molar-refractivity contribution in [3.05, 3.63) is 18.2 Å². The zero-order chi connectivity index (χ0) is 9.35. The second kappa shape index (κ2) is 2.96. The summed E-state index contributed by atoms with van der Waals surface area (Å²) in [6, 6.07) is 4.11. The van der Waals surface area contributed by atoms with Crippen molar-refractivity contribution in [2.75, 3.05) is 5.73 Å². The van der Waals surface area contributed by atoms with Gasteiger partial charge in [-0.3, -0.25) is 0 Å². The summed E-state index contributed by atoms with van der Waals surface area (Å²) in [5, 5.41) is 4.87. The van der Waals surface area contributed by atoms with Crippen LogP contribution in [-0.2, 0) is 10.0 Å².